The van der Waals surface area contributed by atoms with Crippen LogP contribution in [0.5, 0.6) is 11.5 Å². The van der Waals surface area contributed by atoms with E-state index in [4.69, 9.17) is 9.47 Å². The Morgan fingerprint density at radius 1 is 0.955 bits per heavy atom. The van der Waals surface area contributed by atoms with Gasteiger partial charge in [0.25, 0.3) is 0 Å². The van der Waals surface area contributed by atoms with Crippen molar-refractivity contribution in [2.24, 2.45) is 0 Å². The molecule has 0 aliphatic carbocycles. The van der Waals surface area contributed by atoms with E-state index >= 15 is 0 Å². The Kier molecular flexibility index (Phi) is 4.55. The molecule has 0 fully saturated rings. The monoisotopic (exact) mass is 298 g/mol. The minimum absolute atomic E-state index is 0.122. The van der Waals surface area contributed by atoms with Gasteiger partial charge in [0.1, 0.15) is 11.5 Å². The van der Waals surface area contributed by atoms with Gasteiger partial charge in [-0.05, 0) is 53.8 Å². The molecule has 116 valence electrons. The average molecular weight is 298 g/mol. The molecule has 22 heavy (non-hydrogen) atoms. The molecule has 0 saturated heterocycles. The van der Waals surface area contributed by atoms with Gasteiger partial charge in [0.2, 0.25) is 0 Å². The number of aryl methyl sites for hydroxylation is 1. The lowest BCUT2D eigenvalue weighted by Crippen LogP contribution is -2.10. The molecule has 0 aliphatic heterocycles. The van der Waals surface area contributed by atoms with Gasteiger partial charge in [-0.1, -0.05) is 32.9 Å². The van der Waals surface area contributed by atoms with Gasteiger partial charge in [0.15, 0.2) is 0 Å². The zero-order valence-corrected chi connectivity index (χ0v) is 13.8. The van der Waals surface area contributed by atoms with Crippen molar-refractivity contribution in [3.63, 3.8) is 0 Å². The summed E-state index contributed by atoms with van der Waals surface area (Å²) >= 11 is 0. The van der Waals surface area contributed by atoms with Gasteiger partial charge >= 0.3 is 5.97 Å². The second-order valence-corrected chi connectivity index (χ2v) is 6.34. The molecule has 2 rings (SSSR count). The normalized spacial score (nSPS) is 11.1. The zero-order chi connectivity index (χ0) is 16.3. The molecule has 0 atom stereocenters. The molecule has 2 aromatic rings. The number of rotatable bonds is 3. The first-order valence-electron chi connectivity index (χ1n) is 7.28. The summed E-state index contributed by atoms with van der Waals surface area (Å²) in [5.74, 6) is 1.14. The molecule has 0 amide bonds. The van der Waals surface area contributed by atoms with E-state index < -0.39 is 0 Å². The smallest absolute Gasteiger partial charge is 0.338 e. The fourth-order valence-corrected chi connectivity index (χ4v) is 2.20. The number of hydrogen-bond donors (Lipinski definition) is 0. The van der Waals surface area contributed by atoms with Crippen LogP contribution in [0.15, 0.2) is 42.5 Å². The summed E-state index contributed by atoms with van der Waals surface area (Å²) in [6, 6.07) is 13.4. The van der Waals surface area contributed by atoms with E-state index in [-0.39, 0.29) is 11.4 Å². The predicted molar refractivity (Wildman–Crippen MR) is 87.7 cm³/mol. The molecule has 0 heterocycles. The van der Waals surface area contributed by atoms with Gasteiger partial charge in [-0.2, -0.15) is 0 Å². The Bertz CT molecular complexity index is 664. The van der Waals surface area contributed by atoms with Gasteiger partial charge in [0.05, 0.1) is 12.7 Å². The highest BCUT2D eigenvalue weighted by Gasteiger charge is 2.13. The number of benzene rings is 2. The van der Waals surface area contributed by atoms with Crippen LogP contribution < -0.4 is 4.74 Å². The van der Waals surface area contributed by atoms with Crippen molar-refractivity contribution >= 4 is 5.97 Å². The van der Waals surface area contributed by atoms with Crippen molar-refractivity contribution in [3.05, 3.63) is 59.2 Å². The molecular formula is C19H22O3. The number of carbonyl (C=O) groups excluding carboxylic acids is 1. The summed E-state index contributed by atoms with van der Waals surface area (Å²) in [7, 11) is 1.38. The van der Waals surface area contributed by atoms with Crippen LogP contribution >= 0.6 is 0 Å². The van der Waals surface area contributed by atoms with E-state index in [1.807, 2.05) is 25.1 Å². The maximum Gasteiger partial charge on any atom is 0.338 e. The van der Waals surface area contributed by atoms with Crippen LogP contribution in [0.1, 0.15) is 42.3 Å². The first-order chi connectivity index (χ1) is 10.3. The maximum atomic E-state index is 11.6. The molecule has 0 bridgehead atoms. The van der Waals surface area contributed by atoms with E-state index in [0.717, 1.165) is 11.3 Å². The zero-order valence-electron chi connectivity index (χ0n) is 13.8. The first-order valence-corrected chi connectivity index (χ1v) is 7.28. The van der Waals surface area contributed by atoms with Crippen LogP contribution in [0.2, 0.25) is 0 Å². The fraction of sp³-hybridized carbons (Fsp3) is 0.316. The second-order valence-electron chi connectivity index (χ2n) is 6.34. The van der Waals surface area contributed by atoms with Crippen molar-refractivity contribution < 1.29 is 14.3 Å². The number of ether oxygens (including phenoxy) is 2. The average Bonchev–Trinajstić information content (AvgIpc) is 2.46. The number of esters is 1. The fourth-order valence-electron chi connectivity index (χ4n) is 2.20. The standard InChI is InChI=1S/C19H22O3/c1-13-12-16(10-11-17(13)18(20)21-5)22-15-8-6-14(7-9-15)19(2,3)4/h6-12H,1-5H3. The van der Waals surface area contributed by atoms with Crippen molar-refractivity contribution in [3.8, 4) is 11.5 Å². The van der Waals surface area contributed by atoms with Crippen molar-refractivity contribution in [2.45, 2.75) is 33.1 Å². The largest absolute Gasteiger partial charge is 0.465 e. The molecule has 0 aromatic heterocycles. The van der Waals surface area contributed by atoms with Crippen LogP contribution in [0.4, 0.5) is 0 Å². The summed E-state index contributed by atoms with van der Waals surface area (Å²) in [5, 5.41) is 0. The van der Waals surface area contributed by atoms with Crippen molar-refractivity contribution in [2.75, 3.05) is 7.11 Å². The predicted octanol–water partition coefficient (Wildman–Crippen LogP) is 4.87. The highest BCUT2D eigenvalue weighted by atomic mass is 16.5. The Hall–Kier alpha value is -2.29. The van der Waals surface area contributed by atoms with E-state index in [1.165, 1.54) is 12.7 Å². The molecule has 0 spiro atoms. The molecule has 0 aliphatic rings. The summed E-state index contributed by atoms with van der Waals surface area (Å²) in [6.07, 6.45) is 0. The lowest BCUT2D eigenvalue weighted by molar-refractivity contribution is 0.0600. The Balaban J connectivity index is 2.17. The molecule has 0 unspecified atom stereocenters. The lowest BCUT2D eigenvalue weighted by atomic mass is 9.87. The van der Waals surface area contributed by atoms with Crippen molar-refractivity contribution in [1.82, 2.24) is 0 Å². The van der Waals surface area contributed by atoms with Gasteiger partial charge < -0.3 is 9.47 Å². The van der Waals surface area contributed by atoms with Gasteiger partial charge in [-0.25, -0.2) is 4.79 Å². The molecule has 3 nitrogen and oxygen atoms in total. The first kappa shape index (κ1) is 16.1. The van der Waals surface area contributed by atoms with Crippen LogP contribution in [-0.4, -0.2) is 13.1 Å². The molecular weight excluding hydrogens is 276 g/mol. The quantitative estimate of drug-likeness (QED) is 0.758. The number of hydrogen-bond acceptors (Lipinski definition) is 3. The van der Waals surface area contributed by atoms with Gasteiger partial charge in [-0.3, -0.25) is 0 Å². The van der Waals surface area contributed by atoms with Crippen LogP contribution in [-0.2, 0) is 10.2 Å². The third-order valence-electron chi connectivity index (χ3n) is 3.56. The highest BCUT2D eigenvalue weighted by molar-refractivity contribution is 5.91. The van der Waals surface area contributed by atoms with E-state index in [0.29, 0.717) is 11.3 Å². The molecule has 0 N–H and O–H groups in total. The summed E-state index contributed by atoms with van der Waals surface area (Å²) in [6.45, 7) is 8.40. The van der Waals surface area contributed by atoms with Gasteiger partial charge in [0, 0.05) is 0 Å². The number of methoxy groups -OCH3 is 1. The SMILES string of the molecule is COC(=O)c1ccc(Oc2ccc(C(C)(C)C)cc2)cc1C. The van der Waals surface area contributed by atoms with Crippen LogP contribution in [0.3, 0.4) is 0 Å². The number of carbonyl (C=O) groups is 1. The summed E-state index contributed by atoms with van der Waals surface area (Å²) in [4.78, 5) is 11.6. The van der Waals surface area contributed by atoms with E-state index in [2.05, 4.69) is 32.9 Å². The maximum absolute atomic E-state index is 11.6. The van der Waals surface area contributed by atoms with Crippen LogP contribution in [0, 0.1) is 6.92 Å². The second kappa shape index (κ2) is 6.22. The highest BCUT2D eigenvalue weighted by Crippen LogP contribution is 2.28. The Morgan fingerprint density at radius 2 is 1.55 bits per heavy atom. The topological polar surface area (TPSA) is 35.5 Å². The summed E-state index contributed by atoms with van der Waals surface area (Å²) in [5.41, 5.74) is 2.77. The van der Waals surface area contributed by atoms with Crippen molar-refractivity contribution in [1.29, 1.82) is 0 Å². The van der Waals surface area contributed by atoms with E-state index in [9.17, 15) is 4.79 Å². The summed E-state index contributed by atoms with van der Waals surface area (Å²) < 4.78 is 10.6. The third-order valence-corrected chi connectivity index (χ3v) is 3.56. The van der Waals surface area contributed by atoms with Gasteiger partial charge in [-0.15, -0.1) is 0 Å². The molecule has 3 heteroatoms. The Labute approximate surface area is 131 Å². The van der Waals surface area contributed by atoms with E-state index in [1.54, 1.807) is 12.1 Å². The minimum atomic E-state index is -0.335. The minimum Gasteiger partial charge on any atom is -0.465 e. The lowest BCUT2D eigenvalue weighted by Gasteiger charge is -2.19. The molecule has 0 saturated carbocycles. The van der Waals surface area contributed by atoms with Crippen LogP contribution in [0.25, 0.3) is 0 Å². The molecule has 2 aromatic carbocycles. The molecule has 0 radical (unpaired) electrons. The Morgan fingerprint density at radius 3 is 2.05 bits per heavy atom. The third kappa shape index (κ3) is 3.67.